The Morgan fingerprint density at radius 1 is 1.17 bits per heavy atom. The highest BCUT2D eigenvalue weighted by Crippen LogP contribution is 2.32. The molecule has 36 heavy (non-hydrogen) atoms. The second-order valence-corrected chi connectivity index (χ2v) is 9.40. The molecule has 10 nitrogen and oxygen atoms in total. The first-order valence-electron chi connectivity index (χ1n) is 11.2. The molecular weight excluding hydrogens is 507 g/mol. The summed E-state index contributed by atoms with van der Waals surface area (Å²) in [5.41, 5.74) is 7.47. The number of aliphatic imine (C=N–C) groups is 1. The number of benzene rings is 2. The Kier molecular flexibility index (Phi) is 9.14. The average molecular weight is 535 g/mol. The van der Waals surface area contributed by atoms with Crippen LogP contribution in [-0.2, 0) is 16.1 Å². The molecule has 1 aliphatic heterocycles. The van der Waals surface area contributed by atoms with Crippen LogP contribution in [0.3, 0.4) is 0 Å². The zero-order valence-corrected chi connectivity index (χ0v) is 21.5. The number of anilines is 2. The van der Waals surface area contributed by atoms with E-state index in [0.717, 1.165) is 17.0 Å². The third-order valence-corrected chi connectivity index (χ3v) is 6.12. The Balaban J connectivity index is 1.77. The number of guanidine groups is 1. The van der Waals surface area contributed by atoms with Crippen molar-refractivity contribution in [1.29, 1.82) is 0 Å². The Morgan fingerprint density at radius 2 is 1.81 bits per heavy atom. The summed E-state index contributed by atoms with van der Waals surface area (Å²) in [4.78, 5) is 45.2. The van der Waals surface area contributed by atoms with E-state index in [-0.39, 0.29) is 34.7 Å². The minimum absolute atomic E-state index is 0.130. The fourth-order valence-corrected chi connectivity index (χ4v) is 4.56. The number of para-hydroxylation sites is 1. The number of rotatable bonds is 7. The molecule has 4 N–H and O–H groups in total. The normalized spacial score (nSPS) is 15.8. The van der Waals surface area contributed by atoms with Gasteiger partial charge in [-0.15, -0.1) is 0 Å². The molecule has 1 unspecified atom stereocenters. The Bertz CT molecular complexity index is 1140. The summed E-state index contributed by atoms with van der Waals surface area (Å²) in [6.07, 6.45) is -0.00675. The van der Waals surface area contributed by atoms with Crippen LogP contribution in [0.2, 0.25) is 10.0 Å². The predicted octanol–water partition coefficient (Wildman–Crippen LogP) is 3.48. The summed E-state index contributed by atoms with van der Waals surface area (Å²) in [6, 6.07) is 11.9. The lowest BCUT2D eigenvalue weighted by Crippen LogP contribution is -2.43. The number of hydrogen-bond donors (Lipinski definition) is 3. The van der Waals surface area contributed by atoms with Crippen molar-refractivity contribution in [2.45, 2.75) is 25.4 Å². The molecule has 1 aliphatic rings. The molecule has 1 heterocycles. The number of nitrogens with two attached hydrogens (primary N) is 1. The fourth-order valence-electron chi connectivity index (χ4n) is 3.93. The van der Waals surface area contributed by atoms with Gasteiger partial charge in [0.15, 0.2) is 0 Å². The first-order valence-corrected chi connectivity index (χ1v) is 11.9. The van der Waals surface area contributed by atoms with Gasteiger partial charge in [0.05, 0.1) is 28.8 Å². The first-order chi connectivity index (χ1) is 17.1. The monoisotopic (exact) mass is 534 g/mol. The third kappa shape index (κ3) is 6.87. The molecule has 0 radical (unpaired) electrons. The second-order valence-electron chi connectivity index (χ2n) is 8.58. The zero-order chi connectivity index (χ0) is 26.4. The maximum atomic E-state index is 12.9. The van der Waals surface area contributed by atoms with E-state index in [1.165, 1.54) is 12.1 Å². The maximum Gasteiger partial charge on any atom is 0.414 e. The van der Waals surface area contributed by atoms with Gasteiger partial charge in [-0.2, -0.15) is 4.99 Å². The highest BCUT2D eigenvalue weighted by atomic mass is 35.5. The van der Waals surface area contributed by atoms with Gasteiger partial charge in [0.2, 0.25) is 11.9 Å². The SMILES string of the molecule is CN(C)CC(=O)Nc1c(Cl)cc(CN(C(=O)O)C(N)=NC(=O)C2CCCN2c2ccccc2)cc1Cl. The molecule has 0 aliphatic carbocycles. The summed E-state index contributed by atoms with van der Waals surface area (Å²) in [6.45, 7) is 0.564. The summed E-state index contributed by atoms with van der Waals surface area (Å²) in [5.74, 6) is -1.28. The number of nitrogens with one attached hydrogen (secondary N) is 1. The van der Waals surface area contributed by atoms with Crippen LogP contribution in [0.25, 0.3) is 0 Å². The first kappa shape index (κ1) is 27.3. The highest BCUT2D eigenvalue weighted by molar-refractivity contribution is 6.39. The van der Waals surface area contributed by atoms with Crippen LogP contribution >= 0.6 is 23.2 Å². The van der Waals surface area contributed by atoms with Crippen molar-refractivity contribution in [3.8, 4) is 0 Å². The van der Waals surface area contributed by atoms with Crippen molar-refractivity contribution in [2.24, 2.45) is 10.7 Å². The molecule has 0 spiro atoms. The molecule has 1 saturated heterocycles. The third-order valence-electron chi connectivity index (χ3n) is 5.52. The van der Waals surface area contributed by atoms with Crippen LogP contribution in [0.1, 0.15) is 18.4 Å². The Labute approximate surface area is 219 Å². The predicted molar refractivity (Wildman–Crippen MR) is 141 cm³/mol. The zero-order valence-electron chi connectivity index (χ0n) is 19.9. The largest absolute Gasteiger partial charge is 0.465 e. The van der Waals surface area contributed by atoms with Gasteiger partial charge in [0.1, 0.15) is 6.04 Å². The molecule has 192 valence electrons. The van der Waals surface area contributed by atoms with Gasteiger partial charge in [0.25, 0.3) is 5.91 Å². The minimum atomic E-state index is -1.40. The average Bonchev–Trinajstić information content (AvgIpc) is 3.30. The van der Waals surface area contributed by atoms with Crippen LogP contribution in [-0.4, -0.2) is 72.0 Å². The number of hydrogen-bond acceptors (Lipinski definition) is 5. The van der Waals surface area contributed by atoms with E-state index < -0.39 is 24.0 Å². The molecule has 12 heteroatoms. The number of amides is 3. The molecule has 2 aromatic rings. The van der Waals surface area contributed by atoms with Crippen molar-refractivity contribution in [3.63, 3.8) is 0 Å². The summed E-state index contributed by atoms with van der Waals surface area (Å²) < 4.78 is 0. The lowest BCUT2D eigenvalue weighted by molar-refractivity contribution is -0.119. The van der Waals surface area contributed by atoms with Crippen molar-refractivity contribution in [1.82, 2.24) is 9.80 Å². The number of carbonyl (C=O) groups excluding carboxylic acids is 2. The van der Waals surface area contributed by atoms with Gasteiger partial charge < -0.3 is 26.0 Å². The van der Waals surface area contributed by atoms with E-state index in [9.17, 15) is 19.5 Å². The van der Waals surface area contributed by atoms with Gasteiger partial charge in [-0.1, -0.05) is 41.4 Å². The molecule has 0 saturated carbocycles. The van der Waals surface area contributed by atoms with E-state index in [4.69, 9.17) is 28.9 Å². The van der Waals surface area contributed by atoms with Crippen LogP contribution in [0.5, 0.6) is 0 Å². The van der Waals surface area contributed by atoms with Crippen LogP contribution in [0.15, 0.2) is 47.5 Å². The lowest BCUT2D eigenvalue weighted by Gasteiger charge is -2.25. The number of halogens is 2. The quantitative estimate of drug-likeness (QED) is 0.365. The summed E-state index contributed by atoms with van der Waals surface area (Å²) in [7, 11) is 3.49. The van der Waals surface area contributed by atoms with Gasteiger partial charge in [0, 0.05) is 12.2 Å². The molecular formula is C24H28Cl2N6O4. The van der Waals surface area contributed by atoms with Crippen molar-refractivity contribution < 1.29 is 19.5 Å². The molecule has 3 rings (SSSR count). The molecule has 1 fully saturated rings. The van der Waals surface area contributed by atoms with Crippen LogP contribution in [0, 0.1) is 0 Å². The Morgan fingerprint density at radius 3 is 2.39 bits per heavy atom. The van der Waals surface area contributed by atoms with E-state index in [1.807, 2.05) is 35.2 Å². The summed E-state index contributed by atoms with van der Waals surface area (Å²) in [5, 5.41) is 12.6. The molecule has 2 aromatic carbocycles. The fraction of sp³-hybridized carbons (Fsp3) is 0.333. The van der Waals surface area contributed by atoms with Crippen molar-refractivity contribution in [3.05, 3.63) is 58.1 Å². The second kappa shape index (κ2) is 12.1. The van der Waals surface area contributed by atoms with Gasteiger partial charge >= 0.3 is 6.09 Å². The number of carbonyl (C=O) groups is 3. The number of likely N-dealkylation sites (N-methyl/N-ethyl adjacent to an activating group) is 1. The van der Waals surface area contributed by atoms with Gasteiger partial charge in [-0.25, -0.2) is 9.69 Å². The molecule has 3 amide bonds. The number of nitrogens with zero attached hydrogens (tertiary/aromatic N) is 4. The minimum Gasteiger partial charge on any atom is -0.465 e. The highest BCUT2D eigenvalue weighted by Gasteiger charge is 2.31. The van der Waals surface area contributed by atoms with Crippen molar-refractivity contribution in [2.75, 3.05) is 37.4 Å². The Hall–Kier alpha value is -3.34. The van der Waals surface area contributed by atoms with Crippen LogP contribution in [0.4, 0.5) is 16.2 Å². The maximum absolute atomic E-state index is 12.9. The van der Waals surface area contributed by atoms with E-state index in [1.54, 1.807) is 19.0 Å². The van der Waals surface area contributed by atoms with Gasteiger partial charge in [-0.3, -0.25) is 9.59 Å². The standard InChI is InChI=1S/C24H28Cl2N6O4/c1-30(2)14-20(33)28-21-17(25)11-15(12-18(21)26)13-32(24(35)36)23(27)29-22(34)19-9-6-10-31(19)16-7-4-3-5-8-16/h3-5,7-8,11-12,19H,6,9-10,13-14H2,1-2H3,(H,28,33)(H,35,36)(H2,27,29,34). The van der Waals surface area contributed by atoms with Crippen LogP contribution < -0.4 is 16.0 Å². The molecule has 1 atom stereocenters. The van der Waals surface area contributed by atoms with E-state index >= 15 is 0 Å². The van der Waals surface area contributed by atoms with E-state index in [0.29, 0.717) is 18.5 Å². The molecule has 0 bridgehead atoms. The van der Waals surface area contributed by atoms with Crippen molar-refractivity contribution >= 4 is 58.4 Å². The topological polar surface area (TPSA) is 132 Å². The lowest BCUT2D eigenvalue weighted by atomic mass is 10.2. The smallest absolute Gasteiger partial charge is 0.414 e. The molecule has 0 aromatic heterocycles. The van der Waals surface area contributed by atoms with Gasteiger partial charge in [-0.05, 0) is 56.8 Å². The van der Waals surface area contributed by atoms with E-state index in [2.05, 4.69) is 10.3 Å². The summed E-state index contributed by atoms with van der Waals surface area (Å²) >= 11 is 12.6. The number of carboxylic acid groups (broad SMARTS) is 1.